The highest BCUT2D eigenvalue weighted by Gasteiger charge is 2.37. The summed E-state index contributed by atoms with van der Waals surface area (Å²) in [6.45, 7) is 0.377. The molecule has 0 atom stereocenters. The van der Waals surface area contributed by atoms with E-state index < -0.39 is 11.7 Å². The zero-order valence-electron chi connectivity index (χ0n) is 10.1. The van der Waals surface area contributed by atoms with Crippen LogP contribution in [0.5, 0.6) is 0 Å². The molecule has 1 nitrogen and oxygen atoms in total. The van der Waals surface area contributed by atoms with E-state index in [1.807, 2.05) is 0 Å². The van der Waals surface area contributed by atoms with Gasteiger partial charge in [-0.2, -0.15) is 13.2 Å². The largest absolute Gasteiger partial charge is 0.413 e. The second-order valence-corrected chi connectivity index (χ2v) is 5.20. The van der Waals surface area contributed by atoms with Crippen LogP contribution in [0.15, 0.2) is 40.4 Å². The maximum absolute atomic E-state index is 13.1. The Balaban J connectivity index is 2.53. The third kappa shape index (κ3) is 3.09. The van der Waals surface area contributed by atoms with E-state index in [0.717, 1.165) is 5.56 Å². The van der Waals surface area contributed by atoms with E-state index in [1.165, 1.54) is 0 Å². The Morgan fingerprint density at radius 3 is 2.32 bits per heavy atom. The van der Waals surface area contributed by atoms with E-state index in [2.05, 4.69) is 15.9 Å². The molecular formula is C14H13BrF3N. The molecule has 0 unspecified atom stereocenters. The van der Waals surface area contributed by atoms with Crippen LogP contribution in [0.2, 0.25) is 0 Å². The molecule has 19 heavy (non-hydrogen) atoms. The van der Waals surface area contributed by atoms with Gasteiger partial charge >= 0.3 is 6.18 Å². The number of nitrogens with two attached hydrogens (primary N) is 1. The van der Waals surface area contributed by atoms with Crippen molar-refractivity contribution in [1.82, 2.24) is 0 Å². The monoisotopic (exact) mass is 331 g/mol. The Bertz CT molecular complexity index is 527. The van der Waals surface area contributed by atoms with Gasteiger partial charge in [-0.1, -0.05) is 46.3 Å². The Hall–Kier alpha value is -1.07. The predicted octanol–water partition coefficient (Wildman–Crippen LogP) is 4.53. The number of allylic oxidation sites excluding steroid dienone is 4. The number of alkyl halides is 3. The van der Waals surface area contributed by atoms with Crippen LogP contribution in [0.4, 0.5) is 13.2 Å². The fourth-order valence-corrected chi connectivity index (χ4v) is 2.81. The van der Waals surface area contributed by atoms with Crippen molar-refractivity contribution in [2.45, 2.75) is 25.6 Å². The molecule has 1 aromatic rings. The second-order valence-electron chi connectivity index (χ2n) is 4.34. The zero-order chi connectivity index (χ0) is 14.0. The lowest BCUT2D eigenvalue weighted by Gasteiger charge is -2.21. The number of hydrogen-bond acceptors (Lipinski definition) is 1. The van der Waals surface area contributed by atoms with Crippen molar-refractivity contribution in [3.8, 4) is 0 Å². The molecule has 0 bridgehead atoms. The van der Waals surface area contributed by atoms with Gasteiger partial charge in [-0.3, -0.25) is 0 Å². The lowest BCUT2D eigenvalue weighted by atomic mass is 9.91. The van der Waals surface area contributed by atoms with Crippen molar-refractivity contribution < 1.29 is 13.2 Å². The van der Waals surface area contributed by atoms with Gasteiger partial charge in [0.25, 0.3) is 0 Å². The second kappa shape index (κ2) is 5.51. The van der Waals surface area contributed by atoms with Crippen molar-refractivity contribution in [3.63, 3.8) is 0 Å². The number of rotatable bonds is 2. The minimum absolute atomic E-state index is 0.0204. The third-order valence-corrected chi connectivity index (χ3v) is 3.80. The van der Waals surface area contributed by atoms with E-state index in [9.17, 15) is 13.2 Å². The number of halogens is 4. The van der Waals surface area contributed by atoms with Gasteiger partial charge in [0.1, 0.15) is 0 Å². The highest BCUT2D eigenvalue weighted by molar-refractivity contribution is 9.12. The standard InChI is InChI=1S/C14H13BrF3N/c15-12-3-1-2-11(14(16,17)18)13(12)10-6-4-9(8-19)5-7-10/h3-7H,1-2,8,19H2. The lowest BCUT2D eigenvalue weighted by molar-refractivity contribution is -0.0933. The van der Waals surface area contributed by atoms with Crippen LogP contribution in [-0.4, -0.2) is 6.18 Å². The molecule has 2 N–H and O–H groups in total. The summed E-state index contributed by atoms with van der Waals surface area (Å²) >= 11 is 3.24. The van der Waals surface area contributed by atoms with Gasteiger partial charge in [0.15, 0.2) is 0 Å². The van der Waals surface area contributed by atoms with Crippen molar-refractivity contribution in [3.05, 3.63) is 51.5 Å². The van der Waals surface area contributed by atoms with Crippen molar-refractivity contribution in [1.29, 1.82) is 0 Å². The third-order valence-electron chi connectivity index (χ3n) is 3.08. The van der Waals surface area contributed by atoms with Crippen LogP contribution in [0, 0.1) is 0 Å². The van der Waals surface area contributed by atoms with Gasteiger partial charge < -0.3 is 5.73 Å². The van der Waals surface area contributed by atoms with Gasteiger partial charge in [-0.15, -0.1) is 0 Å². The molecule has 0 radical (unpaired) electrons. The van der Waals surface area contributed by atoms with Gasteiger partial charge in [0.2, 0.25) is 0 Å². The van der Waals surface area contributed by atoms with Crippen LogP contribution in [0.1, 0.15) is 24.0 Å². The van der Waals surface area contributed by atoms with Gasteiger partial charge in [0, 0.05) is 22.2 Å². The van der Waals surface area contributed by atoms with Gasteiger partial charge in [-0.05, 0) is 24.0 Å². The van der Waals surface area contributed by atoms with Crippen molar-refractivity contribution >= 4 is 21.5 Å². The number of benzene rings is 1. The molecule has 1 aromatic carbocycles. The molecule has 0 aromatic heterocycles. The molecule has 102 valence electrons. The van der Waals surface area contributed by atoms with Crippen LogP contribution < -0.4 is 5.73 Å². The van der Waals surface area contributed by atoms with Crippen molar-refractivity contribution in [2.24, 2.45) is 5.73 Å². The van der Waals surface area contributed by atoms with Crippen LogP contribution >= 0.6 is 15.9 Å². The summed E-state index contributed by atoms with van der Waals surface area (Å²) in [5, 5.41) is 0. The molecular weight excluding hydrogens is 319 g/mol. The Labute approximate surface area is 118 Å². The SMILES string of the molecule is NCc1ccc(C2=C(C(F)(F)F)CCC=C2Br)cc1. The Kier molecular flexibility index (Phi) is 4.16. The van der Waals surface area contributed by atoms with Crippen LogP contribution in [0.25, 0.3) is 5.57 Å². The summed E-state index contributed by atoms with van der Waals surface area (Å²) in [4.78, 5) is 0. The first-order valence-electron chi connectivity index (χ1n) is 5.89. The maximum Gasteiger partial charge on any atom is 0.413 e. The summed E-state index contributed by atoms with van der Waals surface area (Å²) < 4.78 is 39.7. The molecule has 0 fully saturated rings. The molecule has 0 aliphatic heterocycles. The molecule has 0 spiro atoms. The van der Waals surface area contributed by atoms with E-state index in [0.29, 0.717) is 23.0 Å². The summed E-state index contributed by atoms with van der Waals surface area (Å²) in [6.07, 6.45) is -2.09. The Morgan fingerprint density at radius 2 is 1.79 bits per heavy atom. The van der Waals surface area contributed by atoms with E-state index in [1.54, 1.807) is 30.3 Å². The first-order chi connectivity index (χ1) is 8.93. The minimum Gasteiger partial charge on any atom is -0.326 e. The molecule has 0 heterocycles. The first-order valence-corrected chi connectivity index (χ1v) is 6.68. The summed E-state index contributed by atoms with van der Waals surface area (Å²) in [6, 6.07) is 6.88. The fourth-order valence-electron chi connectivity index (χ4n) is 2.12. The normalized spacial score (nSPS) is 16.6. The minimum atomic E-state index is -4.30. The maximum atomic E-state index is 13.1. The van der Waals surface area contributed by atoms with Crippen molar-refractivity contribution in [2.75, 3.05) is 0 Å². The predicted molar refractivity (Wildman–Crippen MR) is 73.6 cm³/mol. The quantitative estimate of drug-likeness (QED) is 0.846. The molecule has 0 amide bonds. The number of hydrogen-bond donors (Lipinski definition) is 1. The van der Waals surface area contributed by atoms with Crippen LogP contribution in [-0.2, 0) is 6.54 Å². The average Bonchev–Trinajstić information content (AvgIpc) is 2.37. The first kappa shape index (κ1) is 14.3. The fraction of sp³-hybridized carbons (Fsp3) is 0.286. The highest BCUT2D eigenvalue weighted by atomic mass is 79.9. The van der Waals surface area contributed by atoms with Gasteiger partial charge in [0.05, 0.1) is 0 Å². The molecule has 5 heteroatoms. The molecule has 0 saturated carbocycles. The van der Waals surface area contributed by atoms with E-state index >= 15 is 0 Å². The Morgan fingerprint density at radius 1 is 1.16 bits per heavy atom. The summed E-state index contributed by atoms with van der Waals surface area (Å²) in [5.41, 5.74) is 6.72. The average molecular weight is 332 g/mol. The topological polar surface area (TPSA) is 26.0 Å². The summed E-state index contributed by atoms with van der Waals surface area (Å²) in [5.74, 6) is 0. The smallest absolute Gasteiger partial charge is 0.326 e. The highest BCUT2D eigenvalue weighted by Crippen LogP contribution is 2.43. The molecule has 1 aliphatic carbocycles. The lowest BCUT2D eigenvalue weighted by Crippen LogP contribution is -2.16. The van der Waals surface area contributed by atoms with Gasteiger partial charge in [-0.25, -0.2) is 0 Å². The summed E-state index contributed by atoms with van der Waals surface area (Å²) in [7, 11) is 0. The molecule has 2 rings (SSSR count). The van der Waals surface area contributed by atoms with E-state index in [-0.39, 0.29) is 12.0 Å². The van der Waals surface area contributed by atoms with E-state index in [4.69, 9.17) is 5.73 Å². The molecule has 0 saturated heterocycles. The molecule has 1 aliphatic rings. The zero-order valence-corrected chi connectivity index (χ0v) is 11.7. The van der Waals surface area contributed by atoms with Crippen LogP contribution in [0.3, 0.4) is 0 Å².